The first-order chi connectivity index (χ1) is 16.2. The quantitative estimate of drug-likeness (QED) is 0.519. The molecule has 2 heterocycles. The van der Waals surface area contributed by atoms with Crippen LogP contribution in [0.2, 0.25) is 0 Å². The molecular formula is C32H44O4. The Labute approximate surface area is 216 Å². The highest BCUT2D eigenvalue weighted by Crippen LogP contribution is 2.40. The first-order valence-electron chi connectivity index (χ1n) is 13.0. The van der Waals surface area contributed by atoms with Crippen LogP contribution >= 0.6 is 0 Å². The van der Waals surface area contributed by atoms with E-state index in [2.05, 4.69) is 83.1 Å². The molecule has 0 saturated heterocycles. The van der Waals surface area contributed by atoms with Gasteiger partial charge < -0.3 is 9.47 Å². The highest BCUT2D eigenvalue weighted by atomic mass is 16.5. The molecule has 4 nitrogen and oxygen atoms in total. The lowest BCUT2D eigenvalue weighted by Crippen LogP contribution is -2.64. The molecule has 0 unspecified atom stereocenters. The second kappa shape index (κ2) is 9.04. The Morgan fingerprint density at radius 3 is 0.917 bits per heavy atom. The van der Waals surface area contributed by atoms with Crippen LogP contribution in [0, 0.1) is 33.5 Å². The predicted octanol–water partition coefficient (Wildman–Crippen LogP) is 5.86. The van der Waals surface area contributed by atoms with E-state index in [1.807, 2.05) is 24.3 Å². The molecule has 0 N–H and O–H groups in total. The van der Waals surface area contributed by atoms with Gasteiger partial charge in [-0.1, -0.05) is 95.2 Å². The van der Waals surface area contributed by atoms with E-state index in [9.17, 15) is 9.59 Å². The van der Waals surface area contributed by atoms with Crippen molar-refractivity contribution in [1.82, 2.24) is 0 Å². The summed E-state index contributed by atoms with van der Waals surface area (Å²) in [5, 5.41) is 0.517. The van der Waals surface area contributed by atoms with E-state index in [4.69, 9.17) is 9.47 Å². The maximum Gasteiger partial charge on any atom is 0.200 e. The van der Waals surface area contributed by atoms with Gasteiger partial charge in [0.15, 0.2) is 10.9 Å². The first-order valence-corrected chi connectivity index (χ1v) is 13.0. The van der Waals surface area contributed by atoms with Gasteiger partial charge in [-0.25, -0.2) is 0 Å². The Balaban J connectivity index is 2.08. The zero-order valence-corrected chi connectivity index (χ0v) is 24.3. The van der Waals surface area contributed by atoms with Crippen molar-refractivity contribution in [3.8, 4) is 0 Å². The smallest absolute Gasteiger partial charge is 0.200 e. The lowest BCUT2D eigenvalue weighted by Gasteiger charge is -2.34. The van der Waals surface area contributed by atoms with E-state index in [-0.39, 0.29) is 54.8 Å². The summed E-state index contributed by atoms with van der Waals surface area (Å²) in [6.45, 7) is 25.2. The summed E-state index contributed by atoms with van der Waals surface area (Å²) in [6, 6.07) is 0. The van der Waals surface area contributed by atoms with Crippen LogP contribution in [0.3, 0.4) is 0 Å². The van der Waals surface area contributed by atoms with Crippen molar-refractivity contribution in [3.05, 3.63) is 78.2 Å². The van der Waals surface area contributed by atoms with Crippen LogP contribution < -0.4 is 21.3 Å². The third-order valence-electron chi connectivity index (χ3n) is 6.47. The SMILES string of the molecule is CC(C)(C)C1=CC(C=c2c(=O)c(=CC3C=C(C(C)(C)C)OC(C(C)(C)C)=C3)c2=O)C=C(C(C)(C)C)O1. The van der Waals surface area contributed by atoms with Crippen molar-refractivity contribution in [2.24, 2.45) is 33.5 Å². The summed E-state index contributed by atoms with van der Waals surface area (Å²) in [5.41, 5.74) is -1.11. The van der Waals surface area contributed by atoms with E-state index in [0.717, 1.165) is 23.0 Å². The van der Waals surface area contributed by atoms with Crippen molar-refractivity contribution in [1.29, 1.82) is 0 Å². The molecule has 36 heavy (non-hydrogen) atoms. The van der Waals surface area contributed by atoms with Gasteiger partial charge in [-0.2, -0.15) is 0 Å². The average molecular weight is 493 g/mol. The van der Waals surface area contributed by atoms with E-state index in [1.165, 1.54) is 0 Å². The normalized spacial score (nSPS) is 18.6. The molecule has 3 rings (SSSR count). The van der Waals surface area contributed by atoms with Gasteiger partial charge in [-0.15, -0.1) is 0 Å². The van der Waals surface area contributed by atoms with Gasteiger partial charge in [-0.3, -0.25) is 9.59 Å². The van der Waals surface area contributed by atoms with Gasteiger partial charge in [0.25, 0.3) is 0 Å². The number of allylic oxidation sites excluding steroid dienone is 8. The summed E-state index contributed by atoms with van der Waals surface area (Å²) >= 11 is 0. The molecule has 0 amide bonds. The molecule has 1 aromatic carbocycles. The molecule has 196 valence electrons. The van der Waals surface area contributed by atoms with Crippen LogP contribution in [0.15, 0.2) is 56.9 Å². The fourth-order valence-corrected chi connectivity index (χ4v) is 4.09. The maximum atomic E-state index is 13.1. The molecule has 4 heteroatoms. The molecule has 0 radical (unpaired) electrons. The molecule has 0 atom stereocenters. The van der Waals surface area contributed by atoms with Crippen molar-refractivity contribution >= 4 is 12.2 Å². The minimum Gasteiger partial charge on any atom is -0.466 e. The third-order valence-corrected chi connectivity index (χ3v) is 6.47. The van der Waals surface area contributed by atoms with Crippen LogP contribution in [0.1, 0.15) is 83.1 Å². The van der Waals surface area contributed by atoms with Gasteiger partial charge in [0.05, 0.1) is 10.4 Å². The largest absolute Gasteiger partial charge is 0.466 e. The number of hydrogen-bond acceptors (Lipinski definition) is 4. The van der Waals surface area contributed by atoms with Crippen LogP contribution in [0.5, 0.6) is 0 Å². The Bertz CT molecular complexity index is 1150. The van der Waals surface area contributed by atoms with E-state index in [1.54, 1.807) is 12.2 Å². The summed E-state index contributed by atoms with van der Waals surface area (Å²) in [7, 11) is 0. The fourth-order valence-electron chi connectivity index (χ4n) is 4.09. The maximum absolute atomic E-state index is 13.1. The van der Waals surface area contributed by atoms with Crippen LogP contribution in [-0.4, -0.2) is 0 Å². The summed E-state index contributed by atoms with van der Waals surface area (Å²) in [6.07, 6.45) is 11.6. The Hall–Kier alpha value is -2.62. The summed E-state index contributed by atoms with van der Waals surface area (Å²) in [5.74, 6) is 3.08. The van der Waals surface area contributed by atoms with Crippen molar-refractivity contribution in [2.75, 3.05) is 0 Å². The second-order valence-electron chi connectivity index (χ2n) is 14.3. The minimum absolute atomic E-state index is 0.172. The number of hydrogen-bond donors (Lipinski definition) is 0. The van der Waals surface area contributed by atoms with Gasteiger partial charge in [0.1, 0.15) is 23.0 Å². The zero-order chi connectivity index (χ0) is 27.4. The van der Waals surface area contributed by atoms with Crippen LogP contribution in [0.4, 0.5) is 0 Å². The van der Waals surface area contributed by atoms with Crippen LogP contribution in [-0.2, 0) is 9.47 Å². The standard InChI is InChI=1S/C32H44O4/c1-29(2,3)23-15-19(16-24(35-23)30(4,5)6)13-21-27(33)22(28(21)34)14-20-17-25(31(7,8)9)36-26(18-20)32(10,11)12/h13-20H,1-12H3. The Morgan fingerprint density at radius 1 is 0.500 bits per heavy atom. The topological polar surface area (TPSA) is 52.6 Å². The lowest BCUT2D eigenvalue weighted by molar-refractivity contribution is 0.155. The van der Waals surface area contributed by atoms with E-state index < -0.39 is 0 Å². The van der Waals surface area contributed by atoms with E-state index >= 15 is 0 Å². The summed E-state index contributed by atoms with van der Waals surface area (Å²) < 4.78 is 12.4. The summed E-state index contributed by atoms with van der Waals surface area (Å²) in [4.78, 5) is 26.3. The highest BCUT2D eigenvalue weighted by molar-refractivity contribution is 5.45. The molecule has 0 saturated carbocycles. The average Bonchev–Trinajstić information content (AvgIpc) is 2.72. The van der Waals surface area contributed by atoms with Crippen molar-refractivity contribution in [2.45, 2.75) is 83.1 Å². The molecule has 0 aliphatic carbocycles. The van der Waals surface area contributed by atoms with Gasteiger partial charge >= 0.3 is 0 Å². The van der Waals surface area contributed by atoms with Gasteiger partial charge in [-0.05, 0) is 24.3 Å². The fraction of sp³-hybridized carbons (Fsp3) is 0.562. The van der Waals surface area contributed by atoms with Crippen LogP contribution in [0.25, 0.3) is 12.2 Å². The molecule has 0 aromatic heterocycles. The zero-order valence-electron chi connectivity index (χ0n) is 24.3. The second-order valence-corrected chi connectivity index (χ2v) is 14.3. The highest BCUT2D eigenvalue weighted by Gasteiger charge is 2.31. The Kier molecular flexibility index (Phi) is 7.02. The first kappa shape index (κ1) is 28.0. The van der Waals surface area contributed by atoms with Gasteiger partial charge in [0, 0.05) is 33.5 Å². The molecule has 2 aliphatic rings. The third kappa shape index (κ3) is 6.02. The minimum atomic E-state index is -0.189. The molecule has 1 aromatic rings. The molecule has 0 fully saturated rings. The monoisotopic (exact) mass is 492 g/mol. The molecule has 0 spiro atoms. The van der Waals surface area contributed by atoms with Crippen molar-refractivity contribution in [3.63, 3.8) is 0 Å². The Morgan fingerprint density at radius 2 is 0.722 bits per heavy atom. The van der Waals surface area contributed by atoms with Gasteiger partial charge in [0.2, 0.25) is 0 Å². The molecule has 2 aliphatic heterocycles. The van der Waals surface area contributed by atoms with E-state index in [0.29, 0.717) is 0 Å². The predicted molar refractivity (Wildman–Crippen MR) is 149 cm³/mol. The number of ether oxygens (including phenoxy) is 2. The van der Waals surface area contributed by atoms with Crippen molar-refractivity contribution < 1.29 is 9.47 Å². The lowest BCUT2D eigenvalue weighted by atomic mass is 9.84. The molecule has 0 bridgehead atoms. The molecular weight excluding hydrogens is 448 g/mol. The number of rotatable bonds is 2.